The van der Waals surface area contributed by atoms with E-state index in [2.05, 4.69) is 38.0 Å². The van der Waals surface area contributed by atoms with Gasteiger partial charge < -0.3 is 11.1 Å². The second-order valence-electron chi connectivity index (χ2n) is 6.17. The summed E-state index contributed by atoms with van der Waals surface area (Å²) in [7, 11) is 0. The minimum absolute atomic E-state index is 0.368. The maximum atomic E-state index is 10.9. The molecule has 4 nitrogen and oxygen atoms in total. The second kappa shape index (κ2) is 3.97. The molecular weight excluding hydrogens is 226 g/mol. The van der Waals surface area contributed by atoms with Gasteiger partial charge in [0.2, 0.25) is 5.91 Å². The van der Waals surface area contributed by atoms with Gasteiger partial charge in [-0.3, -0.25) is 4.79 Å². The van der Waals surface area contributed by atoms with Crippen molar-refractivity contribution in [1.29, 1.82) is 0 Å². The van der Waals surface area contributed by atoms with Crippen LogP contribution in [0.25, 0.3) is 0 Å². The minimum Gasteiger partial charge on any atom is -0.370 e. The fourth-order valence-corrected chi connectivity index (χ4v) is 2.69. The van der Waals surface area contributed by atoms with Gasteiger partial charge in [-0.05, 0) is 28.9 Å². The Hall–Kier alpha value is -1.58. The first-order valence-corrected chi connectivity index (χ1v) is 6.26. The first kappa shape index (κ1) is 12.9. The number of nitrogens with zero attached hydrogens (tertiary/aromatic N) is 1. The molecule has 1 aromatic heterocycles. The van der Waals surface area contributed by atoms with Crippen molar-refractivity contribution in [3.63, 3.8) is 0 Å². The van der Waals surface area contributed by atoms with E-state index in [0.717, 1.165) is 12.4 Å². The molecule has 0 unspecified atom stereocenters. The van der Waals surface area contributed by atoms with E-state index < -0.39 is 5.91 Å². The van der Waals surface area contributed by atoms with Crippen molar-refractivity contribution < 1.29 is 4.79 Å². The van der Waals surface area contributed by atoms with Gasteiger partial charge in [0, 0.05) is 12.7 Å². The van der Waals surface area contributed by atoms with Crippen LogP contribution >= 0.6 is 0 Å². The SMILES string of the molecule is CC1(C)C(CNc2ccc(C(N)=O)cn2)C1(C)C. The number of nitrogens with two attached hydrogens (primary N) is 1. The van der Waals surface area contributed by atoms with Crippen LogP contribution in [0.15, 0.2) is 18.3 Å². The molecule has 1 heterocycles. The molecule has 0 aromatic carbocycles. The van der Waals surface area contributed by atoms with Crippen LogP contribution < -0.4 is 11.1 Å². The number of amides is 1. The Balaban J connectivity index is 1.94. The molecule has 1 saturated carbocycles. The average Bonchev–Trinajstić information content (AvgIpc) is 2.67. The van der Waals surface area contributed by atoms with Gasteiger partial charge in [-0.2, -0.15) is 0 Å². The number of nitrogens with one attached hydrogen (secondary N) is 1. The average molecular weight is 247 g/mol. The maximum absolute atomic E-state index is 10.9. The van der Waals surface area contributed by atoms with Crippen molar-refractivity contribution in [2.45, 2.75) is 27.7 Å². The van der Waals surface area contributed by atoms with E-state index >= 15 is 0 Å². The molecule has 98 valence electrons. The highest BCUT2D eigenvalue weighted by Crippen LogP contribution is 2.68. The lowest BCUT2D eigenvalue weighted by molar-refractivity contribution is 0.1000. The zero-order chi connectivity index (χ0) is 13.6. The highest BCUT2D eigenvalue weighted by molar-refractivity contribution is 5.92. The molecule has 0 aliphatic heterocycles. The van der Waals surface area contributed by atoms with Crippen LogP contribution in [0.4, 0.5) is 5.82 Å². The molecule has 1 aromatic rings. The van der Waals surface area contributed by atoms with Crippen LogP contribution in [0.5, 0.6) is 0 Å². The predicted octanol–water partition coefficient (Wildman–Crippen LogP) is 2.27. The van der Waals surface area contributed by atoms with Crippen LogP contribution in [0.1, 0.15) is 38.1 Å². The number of carbonyl (C=O) groups is 1. The van der Waals surface area contributed by atoms with Crippen molar-refractivity contribution in [3.05, 3.63) is 23.9 Å². The van der Waals surface area contributed by atoms with E-state index in [1.165, 1.54) is 6.20 Å². The number of primary amides is 1. The molecule has 0 radical (unpaired) electrons. The Morgan fingerprint density at radius 3 is 2.33 bits per heavy atom. The standard InChI is InChI=1S/C14H21N3O/c1-13(2)10(14(13,3)4)8-17-11-6-5-9(7-16-11)12(15)18/h5-7,10H,8H2,1-4H3,(H2,15,18)(H,16,17). The van der Waals surface area contributed by atoms with Gasteiger partial charge in [-0.25, -0.2) is 4.98 Å². The summed E-state index contributed by atoms with van der Waals surface area (Å²) >= 11 is 0. The molecule has 1 amide bonds. The van der Waals surface area contributed by atoms with E-state index in [1.807, 2.05) is 0 Å². The molecule has 4 heteroatoms. The number of pyridine rings is 1. The van der Waals surface area contributed by atoms with Gasteiger partial charge >= 0.3 is 0 Å². The predicted molar refractivity (Wildman–Crippen MR) is 72.3 cm³/mol. The number of rotatable bonds is 4. The third kappa shape index (κ3) is 1.96. The molecule has 3 N–H and O–H groups in total. The minimum atomic E-state index is -0.446. The Kier molecular flexibility index (Phi) is 2.84. The normalized spacial score (nSPS) is 20.4. The number of carbonyl (C=O) groups excluding carboxylic acids is 1. The van der Waals surface area contributed by atoms with Crippen LogP contribution in [-0.4, -0.2) is 17.4 Å². The highest BCUT2D eigenvalue weighted by atomic mass is 16.1. The largest absolute Gasteiger partial charge is 0.370 e. The van der Waals surface area contributed by atoms with Crippen LogP contribution in [0.2, 0.25) is 0 Å². The Morgan fingerprint density at radius 2 is 1.94 bits per heavy atom. The summed E-state index contributed by atoms with van der Waals surface area (Å²) in [6.45, 7) is 10.1. The second-order valence-corrected chi connectivity index (χ2v) is 6.17. The quantitative estimate of drug-likeness (QED) is 0.857. The fourth-order valence-electron chi connectivity index (χ4n) is 2.69. The summed E-state index contributed by atoms with van der Waals surface area (Å²) in [5.41, 5.74) is 6.34. The Morgan fingerprint density at radius 1 is 1.33 bits per heavy atom. The van der Waals surface area contributed by atoms with Gasteiger partial charge in [0.25, 0.3) is 0 Å². The number of hydrogen-bond donors (Lipinski definition) is 2. The lowest BCUT2D eigenvalue weighted by atomic mass is 10.0. The van der Waals surface area contributed by atoms with Crippen molar-refractivity contribution in [2.75, 3.05) is 11.9 Å². The summed E-state index contributed by atoms with van der Waals surface area (Å²) in [4.78, 5) is 15.1. The van der Waals surface area contributed by atoms with Gasteiger partial charge in [0.15, 0.2) is 0 Å². The molecule has 0 spiro atoms. The zero-order valence-electron chi connectivity index (χ0n) is 11.4. The molecular formula is C14H21N3O. The fraction of sp³-hybridized carbons (Fsp3) is 0.571. The summed E-state index contributed by atoms with van der Waals surface area (Å²) < 4.78 is 0. The van der Waals surface area contributed by atoms with Crippen LogP contribution in [-0.2, 0) is 0 Å². The monoisotopic (exact) mass is 247 g/mol. The third-order valence-corrected chi connectivity index (χ3v) is 4.85. The molecule has 1 aliphatic carbocycles. The van der Waals surface area contributed by atoms with Crippen LogP contribution in [0, 0.1) is 16.7 Å². The molecule has 0 saturated heterocycles. The van der Waals surface area contributed by atoms with E-state index in [-0.39, 0.29) is 0 Å². The van der Waals surface area contributed by atoms with Crippen molar-refractivity contribution in [1.82, 2.24) is 4.98 Å². The maximum Gasteiger partial charge on any atom is 0.250 e. The van der Waals surface area contributed by atoms with Gasteiger partial charge in [0.1, 0.15) is 5.82 Å². The molecule has 1 aliphatic rings. The molecule has 2 rings (SSSR count). The first-order valence-electron chi connectivity index (χ1n) is 6.26. The summed E-state index contributed by atoms with van der Waals surface area (Å²) in [5, 5.41) is 3.32. The Labute approximate surface area is 108 Å². The Bertz CT molecular complexity index is 448. The van der Waals surface area contributed by atoms with Crippen molar-refractivity contribution in [3.8, 4) is 0 Å². The van der Waals surface area contributed by atoms with Crippen molar-refractivity contribution >= 4 is 11.7 Å². The third-order valence-electron chi connectivity index (χ3n) is 4.85. The topological polar surface area (TPSA) is 68.0 Å². The van der Waals surface area contributed by atoms with E-state index in [9.17, 15) is 4.79 Å². The van der Waals surface area contributed by atoms with Crippen molar-refractivity contribution in [2.24, 2.45) is 22.5 Å². The number of anilines is 1. The summed E-state index contributed by atoms with van der Waals surface area (Å²) in [5.74, 6) is 0.986. The first-order chi connectivity index (χ1) is 8.26. The van der Waals surface area contributed by atoms with Gasteiger partial charge in [-0.1, -0.05) is 27.7 Å². The molecule has 0 bridgehead atoms. The molecule has 1 fully saturated rings. The number of hydrogen-bond acceptors (Lipinski definition) is 3. The lowest BCUT2D eigenvalue weighted by Crippen LogP contribution is -2.12. The number of aromatic nitrogens is 1. The smallest absolute Gasteiger partial charge is 0.250 e. The zero-order valence-corrected chi connectivity index (χ0v) is 11.4. The highest BCUT2D eigenvalue weighted by Gasteiger charge is 2.64. The molecule has 18 heavy (non-hydrogen) atoms. The van der Waals surface area contributed by atoms with Gasteiger partial charge in [-0.15, -0.1) is 0 Å². The molecule has 0 atom stereocenters. The summed E-state index contributed by atoms with van der Waals surface area (Å²) in [6, 6.07) is 3.49. The lowest BCUT2D eigenvalue weighted by Gasteiger charge is -2.07. The summed E-state index contributed by atoms with van der Waals surface area (Å²) in [6.07, 6.45) is 1.51. The van der Waals surface area contributed by atoms with Gasteiger partial charge in [0.05, 0.1) is 5.56 Å². The van der Waals surface area contributed by atoms with E-state index in [1.54, 1.807) is 12.1 Å². The van der Waals surface area contributed by atoms with Crippen LogP contribution in [0.3, 0.4) is 0 Å². The van der Waals surface area contributed by atoms with E-state index in [4.69, 9.17) is 5.73 Å². The van der Waals surface area contributed by atoms with E-state index in [0.29, 0.717) is 22.3 Å².